The van der Waals surface area contributed by atoms with Crippen LogP contribution in [-0.2, 0) is 9.59 Å². The highest BCUT2D eigenvalue weighted by Gasteiger charge is 2.55. The van der Waals surface area contributed by atoms with Crippen molar-refractivity contribution in [3.8, 4) is 0 Å². The monoisotopic (exact) mass is 311 g/mol. The van der Waals surface area contributed by atoms with Crippen molar-refractivity contribution in [3.63, 3.8) is 0 Å². The normalized spacial score (nSPS) is 29.2. The second-order valence-corrected chi connectivity index (χ2v) is 6.77. The van der Waals surface area contributed by atoms with Crippen LogP contribution < -0.4 is 10.6 Å². The molecule has 1 aliphatic heterocycles. The lowest BCUT2D eigenvalue weighted by Gasteiger charge is -2.26. The Bertz CT molecular complexity index is 479. The number of carbonyl (C=O) groups is 3. The Hall–Kier alpha value is -1.63. The van der Waals surface area contributed by atoms with E-state index in [9.17, 15) is 19.5 Å². The van der Waals surface area contributed by atoms with Gasteiger partial charge in [-0.25, -0.2) is 4.79 Å². The van der Waals surface area contributed by atoms with Gasteiger partial charge in [-0.15, -0.1) is 0 Å². The van der Waals surface area contributed by atoms with E-state index >= 15 is 0 Å². The van der Waals surface area contributed by atoms with E-state index in [1.54, 1.807) is 6.92 Å². The minimum absolute atomic E-state index is 0.0514. The van der Waals surface area contributed by atoms with Gasteiger partial charge in [0, 0.05) is 19.1 Å². The molecule has 124 valence electrons. The zero-order valence-electron chi connectivity index (χ0n) is 13.4. The van der Waals surface area contributed by atoms with Crippen LogP contribution in [0.4, 0.5) is 4.79 Å². The van der Waals surface area contributed by atoms with Crippen LogP contribution in [0.5, 0.6) is 0 Å². The van der Waals surface area contributed by atoms with Gasteiger partial charge in [-0.1, -0.05) is 6.42 Å². The molecular weight excluding hydrogens is 286 g/mol. The fourth-order valence-corrected chi connectivity index (χ4v) is 3.65. The summed E-state index contributed by atoms with van der Waals surface area (Å²) in [5.41, 5.74) is -0.714. The number of nitrogens with zero attached hydrogens (tertiary/aromatic N) is 1. The number of carboxylic acid groups (broad SMARTS) is 1. The van der Waals surface area contributed by atoms with Crippen molar-refractivity contribution >= 4 is 17.9 Å². The topological polar surface area (TPSA) is 98.7 Å². The van der Waals surface area contributed by atoms with Crippen molar-refractivity contribution in [1.82, 2.24) is 15.5 Å². The summed E-state index contributed by atoms with van der Waals surface area (Å²) in [5.74, 6) is -1.05. The molecule has 2 aliphatic rings. The fourth-order valence-electron chi connectivity index (χ4n) is 3.65. The number of carbonyl (C=O) groups excluding carboxylic acids is 2. The Balaban J connectivity index is 1.97. The third-order valence-electron chi connectivity index (χ3n) is 4.91. The van der Waals surface area contributed by atoms with Crippen molar-refractivity contribution in [1.29, 1.82) is 0 Å². The van der Waals surface area contributed by atoms with Crippen molar-refractivity contribution in [3.05, 3.63) is 0 Å². The third kappa shape index (κ3) is 3.09. The van der Waals surface area contributed by atoms with Crippen LogP contribution >= 0.6 is 0 Å². The lowest BCUT2D eigenvalue weighted by atomic mass is 9.81. The van der Waals surface area contributed by atoms with E-state index in [4.69, 9.17) is 0 Å². The number of carboxylic acids is 1. The number of urea groups is 1. The van der Waals surface area contributed by atoms with Crippen LogP contribution in [0.2, 0.25) is 0 Å². The Morgan fingerprint density at radius 2 is 1.95 bits per heavy atom. The minimum Gasteiger partial charge on any atom is -0.481 e. The quantitative estimate of drug-likeness (QED) is 0.713. The summed E-state index contributed by atoms with van der Waals surface area (Å²) in [6.45, 7) is 6.33. The molecule has 3 atom stereocenters. The van der Waals surface area contributed by atoms with Crippen LogP contribution in [0.1, 0.15) is 40.0 Å². The van der Waals surface area contributed by atoms with Crippen molar-refractivity contribution in [2.45, 2.75) is 52.1 Å². The predicted octanol–water partition coefficient (Wildman–Crippen LogP) is 0.796. The molecular formula is C15H25N3O4. The number of amides is 3. The summed E-state index contributed by atoms with van der Waals surface area (Å²) in [6, 6.07) is -1.08. The van der Waals surface area contributed by atoms with E-state index in [1.807, 2.05) is 18.7 Å². The number of aliphatic carboxylic acids is 1. The maximum Gasteiger partial charge on any atom is 0.321 e. The summed E-state index contributed by atoms with van der Waals surface area (Å²) in [5, 5.41) is 14.5. The van der Waals surface area contributed by atoms with Crippen molar-refractivity contribution in [2.24, 2.45) is 11.3 Å². The maximum absolute atomic E-state index is 12.2. The van der Waals surface area contributed by atoms with Crippen molar-refractivity contribution < 1.29 is 19.5 Å². The Morgan fingerprint density at radius 1 is 1.27 bits per heavy atom. The maximum atomic E-state index is 12.2. The number of likely N-dealkylation sites (tertiary alicyclic amines) is 1. The third-order valence-corrected chi connectivity index (χ3v) is 4.91. The Kier molecular flexibility index (Phi) is 4.75. The molecule has 0 aromatic heterocycles. The molecule has 0 radical (unpaired) electrons. The van der Waals surface area contributed by atoms with E-state index in [1.165, 1.54) is 0 Å². The summed E-state index contributed by atoms with van der Waals surface area (Å²) < 4.78 is 0. The van der Waals surface area contributed by atoms with E-state index in [-0.39, 0.29) is 12.0 Å². The van der Waals surface area contributed by atoms with Gasteiger partial charge in [0.05, 0.1) is 11.5 Å². The first-order valence-electron chi connectivity index (χ1n) is 7.85. The molecule has 22 heavy (non-hydrogen) atoms. The Labute approximate surface area is 130 Å². The summed E-state index contributed by atoms with van der Waals surface area (Å²) in [6.07, 6.45) is 2.50. The van der Waals surface area contributed by atoms with Gasteiger partial charge in [0.2, 0.25) is 5.91 Å². The number of fused-ring (bicyclic) bond motifs is 1. The second kappa shape index (κ2) is 6.24. The van der Waals surface area contributed by atoms with Crippen LogP contribution in [0.15, 0.2) is 0 Å². The van der Waals surface area contributed by atoms with Gasteiger partial charge < -0.3 is 10.4 Å². The van der Waals surface area contributed by atoms with Gasteiger partial charge in [-0.2, -0.15) is 0 Å². The average Bonchev–Trinajstić information content (AvgIpc) is 2.93. The largest absolute Gasteiger partial charge is 0.481 e. The molecule has 0 aromatic rings. The predicted molar refractivity (Wildman–Crippen MR) is 80.3 cm³/mol. The van der Waals surface area contributed by atoms with Gasteiger partial charge in [0.25, 0.3) is 0 Å². The molecule has 3 amide bonds. The van der Waals surface area contributed by atoms with Crippen LogP contribution in [-0.4, -0.2) is 53.1 Å². The van der Waals surface area contributed by atoms with E-state index in [2.05, 4.69) is 10.6 Å². The average molecular weight is 311 g/mol. The SMILES string of the molecule is CC(C)NC(=O)NC(=O)C(C)N1C[C@@H]2CCC[C@@]2(C(=O)O)C1. The highest BCUT2D eigenvalue weighted by molar-refractivity contribution is 5.97. The molecule has 2 rings (SSSR count). The number of rotatable bonds is 4. The lowest BCUT2D eigenvalue weighted by Crippen LogP contribution is -2.50. The molecule has 1 saturated carbocycles. The van der Waals surface area contributed by atoms with Crippen LogP contribution in [0, 0.1) is 11.3 Å². The van der Waals surface area contributed by atoms with Gasteiger partial charge in [-0.3, -0.25) is 19.8 Å². The second-order valence-electron chi connectivity index (χ2n) is 6.77. The van der Waals surface area contributed by atoms with E-state index in [0.29, 0.717) is 19.5 Å². The first-order chi connectivity index (χ1) is 10.3. The first kappa shape index (κ1) is 16.7. The minimum atomic E-state index is -0.761. The molecule has 0 spiro atoms. The summed E-state index contributed by atoms with van der Waals surface area (Å²) in [7, 11) is 0. The first-order valence-corrected chi connectivity index (χ1v) is 7.85. The molecule has 0 aromatic carbocycles. The molecule has 7 nitrogen and oxygen atoms in total. The number of hydrogen-bond donors (Lipinski definition) is 3. The smallest absolute Gasteiger partial charge is 0.321 e. The van der Waals surface area contributed by atoms with Gasteiger partial charge >= 0.3 is 12.0 Å². The molecule has 1 saturated heterocycles. The van der Waals surface area contributed by atoms with Gasteiger partial charge in [0.1, 0.15) is 0 Å². The molecule has 3 N–H and O–H groups in total. The number of nitrogens with one attached hydrogen (secondary N) is 2. The zero-order valence-corrected chi connectivity index (χ0v) is 13.4. The Morgan fingerprint density at radius 3 is 2.50 bits per heavy atom. The summed E-state index contributed by atoms with van der Waals surface area (Å²) >= 11 is 0. The molecule has 1 heterocycles. The highest BCUT2D eigenvalue weighted by atomic mass is 16.4. The standard InChI is InChI=1S/C15H25N3O4/c1-9(2)16-14(22)17-12(19)10(3)18-7-11-5-4-6-15(11,8-18)13(20)21/h9-11H,4-8H2,1-3H3,(H,20,21)(H2,16,17,19,22)/t10?,11-,15+/m0/s1. The van der Waals surface area contributed by atoms with Crippen molar-refractivity contribution in [2.75, 3.05) is 13.1 Å². The molecule has 1 aliphatic carbocycles. The van der Waals surface area contributed by atoms with Gasteiger partial charge in [-0.05, 0) is 39.5 Å². The zero-order chi connectivity index (χ0) is 16.5. The molecule has 7 heteroatoms. The number of imide groups is 1. The molecule has 2 fully saturated rings. The van der Waals surface area contributed by atoms with E-state index < -0.39 is 29.4 Å². The fraction of sp³-hybridized carbons (Fsp3) is 0.800. The lowest BCUT2D eigenvalue weighted by molar-refractivity contribution is -0.149. The number of hydrogen-bond acceptors (Lipinski definition) is 4. The van der Waals surface area contributed by atoms with Gasteiger partial charge in [0.15, 0.2) is 0 Å². The van der Waals surface area contributed by atoms with Crippen LogP contribution in [0.25, 0.3) is 0 Å². The molecule has 1 unspecified atom stereocenters. The summed E-state index contributed by atoms with van der Waals surface area (Å²) in [4.78, 5) is 37.3. The molecule has 0 bridgehead atoms. The highest BCUT2D eigenvalue weighted by Crippen LogP contribution is 2.49. The van der Waals surface area contributed by atoms with E-state index in [0.717, 1.165) is 12.8 Å². The van der Waals surface area contributed by atoms with Crippen LogP contribution in [0.3, 0.4) is 0 Å².